The zero-order chi connectivity index (χ0) is 15.6. The highest BCUT2D eigenvalue weighted by atomic mass is 35.5. The second kappa shape index (κ2) is 6.67. The SMILES string of the molecule is O=S(=O)(CCc1cc(Cl)c2c(c1)OCCCO2)C1CCCC1. The van der Waals surface area contributed by atoms with E-state index in [2.05, 4.69) is 0 Å². The Kier molecular flexibility index (Phi) is 4.83. The van der Waals surface area contributed by atoms with Crippen LogP contribution in [-0.4, -0.2) is 32.6 Å². The van der Waals surface area contributed by atoms with Crippen molar-refractivity contribution in [2.45, 2.75) is 43.8 Å². The molecule has 1 fully saturated rings. The van der Waals surface area contributed by atoms with Crippen molar-refractivity contribution in [1.29, 1.82) is 0 Å². The van der Waals surface area contributed by atoms with E-state index in [9.17, 15) is 8.42 Å². The fourth-order valence-electron chi connectivity index (χ4n) is 3.10. The second-order valence-electron chi connectivity index (χ2n) is 5.98. The molecule has 3 rings (SSSR count). The summed E-state index contributed by atoms with van der Waals surface area (Å²) in [7, 11) is -3.01. The number of aryl methyl sites for hydroxylation is 1. The van der Waals surface area contributed by atoms with Gasteiger partial charge in [0.05, 0.1) is 29.2 Å². The van der Waals surface area contributed by atoms with Crippen LogP contribution in [0, 0.1) is 0 Å². The van der Waals surface area contributed by atoms with Crippen LogP contribution in [0.2, 0.25) is 5.02 Å². The zero-order valence-corrected chi connectivity index (χ0v) is 14.1. The van der Waals surface area contributed by atoms with Crippen LogP contribution < -0.4 is 9.47 Å². The molecule has 122 valence electrons. The van der Waals surface area contributed by atoms with Crippen molar-refractivity contribution in [2.75, 3.05) is 19.0 Å². The first-order valence-electron chi connectivity index (χ1n) is 7.86. The van der Waals surface area contributed by atoms with E-state index in [-0.39, 0.29) is 11.0 Å². The molecule has 6 heteroatoms. The first-order chi connectivity index (χ1) is 10.6. The van der Waals surface area contributed by atoms with E-state index in [1.54, 1.807) is 6.07 Å². The summed E-state index contributed by atoms with van der Waals surface area (Å²) in [4.78, 5) is 0. The Balaban J connectivity index is 1.73. The first-order valence-corrected chi connectivity index (χ1v) is 9.95. The monoisotopic (exact) mass is 344 g/mol. The molecule has 1 aliphatic heterocycles. The highest BCUT2D eigenvalue weighted by molar-refractivity contribution is 7.92. The minimum absolute atomic E-state index is 0.150. The summed E-state index contributed by atoms with van der Waals surface area (Å²) in [6.45, 7) is 1.18. The third-order valence-electron chi connectivity index (χ3n) is 4.35. The van der Waals surface area contributed by atoms with Crippen LogP contribution in [-0.2, 0) is 16.3 Å². The van der Waals surface area contributed by atoms with Gasteiger partial charge in [-0.25, -0.2) is 8.42 Å². The highest BCUT2D eigenvalue weighted by Crippen LogP contribution is 2.38. The Morgan fingerprint density at radius 3 is 2.59 bits per heavy atom. The number of hydrogen-bond acceptors (Lipinski definition) is 4. The molecule has 22 heavy (non-hydrogen) atoms. The molecule has 0 spiro atoms. The molecule has 0 unspecified atom stereocenters. The van der Waals surface area contributed by atoms with E-state index in [0.29, 0.717) is 36.2 Å². The smallest absolute Gasteiger partial charge is 0.179 e. The molecule has 1 aromatic carbocycles. The molecular formula is C16H21ClO4S. The Morgan fingerprint density at radius 2 is 1.82 bits per heavy atom. The van der Waals surface area contributed by atoms with Gasteiger partial charge < -0.3 is 9.47 Å². The normalized spacial score (nSPS) is 19.1. The molecule has 0 atom stereocenters. The van der Waals surface area contributed by atoms with Gasteiger partial charge in [0.15, 0.2) is 21.3 Å². The first kappa shape index (κ1) is 15.9. The van der Waals surface area contributed by atoms with Gasteiger partial charge in [-0.3, -0.25) is 0 Å². The number of fused-ring (bicyclic) bond motifs is 1. The van der Waals surface area contributed by atoms with Gasteiger partial charge in [-0.15, -0.1) is 0 Å². The molecule has 1 aliphatic carbocycles. The molecule has 2 aliphatic rings. The van der Waals surface area contributed by atoms with Crippen LogP contribution in [0.3, 0.4) is 0 Å². The molecule has 0 amide bonds. The molecule has 1 aromatic rings. The molecule has 4 nitrogen and oxygen atoms in total. The van der Waals surface area contributed by atoms with Gasteiger partial charge >= 0.3 is 0 Å². The summed E-state index contributed by atoms with van der Waals surface area (Å²) in [5.74, 6) is 1.37. The Bertz CT molecular complexity index is 636. The number of benzene rings is 1. The quantitative estimate of drug-likeness (QED) is 0.840. The molecule has 1 saturated carbocycles. The van der Waals surface area contributed by atoms with Crippen LogP contribution in [0.5, 0.6) is 11.5 Å². The number of rotatable bonds is 4. The van der Waals surface area contributed by atoms with Gasteiger partial charge in [-0.05, 0) is 37.0 Å². The average Bonchev–Trinajstić information content (AvgIpc) is 2.93. The molecule has 0 aromatic heterocycles. The van der Waals surface area contributed by atoms with Crippen molar-refractivity contribution in [3.8, 4) is 11.5 Å². The standard InChI is InChI=1S/C16H21ClO4S/c17-14-10-12(11-15-16(14)21-8-3-7-20-15)6-9-22(18,19)13-4-1-2-5-13/h10-11,13H,1-9H2. The molecule has 0 N–H and O–H groups in total. The third-order valence-corrected chi connectivity index (χ3v) is 6.89. The average molecular weight is 345 g/mol. The fourth-order valence-corrected chi connectivity index (χ4v) is 5.30. The molecule has 1 heterocycles. The molecular weight excluding hydrogens is 324 g/mol. The van der Waals surface area contributed by atoms with E-state index >= 15 is 0 Å². The lowest BCUT2D eigenvalue weighted by atomic mass is 10.1. The maximum Gasteiger partial charge on any atom is 0.179 e. The third kappa shape index (κ3) is 3.51. The van der Waals surface area contributed by atoms with Gasteiger partial charge in [0.1, 0.15) is 0 Å². The van der Waals surface area contributed by atoms with Gasteiger partial charge in [-0.1, -0.05) is 24.4 Å². The summed E-state index contributed by atoms with van der Waals surface area (Å²) in [6.07, 6.45) is 4.96. The van der Waals surface area contributed by atoms with E-state index in [1.165, 1.54) is 0 Å². The second-order valence-corrected chi connectivity index (χ2v) is 8.79. The summed E-state index contributed by atoms with van der Waals surface area (Å²) < 4.78 is 35.9. The summed E-state index contributed by atoms with van der Waals surface area (Å²) in [6, 6.07) is 3.65. The largest absolute Gasteiger partial charge is 0.489 e. The van der Waals surface area contributed by atoms with Gasteiger partial charge in [0.25, 0.3) is 0 Å². The van der Waals surface area contributed by atoms with Crippen LogP contribution >= 0.6 is 11.6 Å². The summed E-state index contributed by atoms with van der Waals surface area (Å²) in [5, 5.41) is 0.344. The van der Waals surface area contributed by atoms with Crippen LogP contribution in [0.1, 0.15) is 37.7 Å². The Morgan fingerprint density at radius 1 is 1.09 bits per heavy atom. The summed E-state index contributed by atoms with van der Waals surface area (Å²) >= 11 is 6.24. The minimum atomic E-state index is -3.01. The number of sulfone groups is 1. The molecule has 0 bridgehead atoms. The minimum Gasteiger partial charge on any atom is -0.489 e. The van der Waals surface area contributed by atoms with E-state index in [4.69, 9.17) is 21.1 Å². The Hall–Kier alpha value is -0.940. The van der Waals surface area contributed by atoms with Gasteiger partial charge in [0, 0.05) is 6.42 Å². The summed E-state index contributed by atoms with van der Waals surface area (Å²) in [5.41, 5.74) is 0.885. The van der Waals surface area contributed by atoms with Crippen molar-refractivity contribution in [1.82, 2.24) is 0 Å². The Labute approximate surface area is 136 Å². The zero-order valence-electron chi connectivity index (χ0n) is 12.5. The van der Waals surface area contributed by atoms with Crippen LogP contribution in [0.4, 0.5) is 0 Å². The predicted molar refractivity (Wildman–Crippen MR) is 86.8 cm³/mol. The molecule has 0 radical (unpaired) electrons. The maximum absolute atomic E-state index is 12.3. The van der Waals surface area contributed by atoms with Crippen molar-refractivity contribution in [3.63, 3.8) is 0 Å². The van der Waals surface area contributed by atoms with Crippen LogP contribution in [0.25, 0.3) is 0 Å². The lowest BCUT2D eigenvalue weighted by Crippen LogP contribution is -2.22. The topological polar surface area (TPSA) is 52.6 Å². The van der Waals surface area contributed by atoms with Crippen LogP contribution in [0.15, 0.2) is 12.1 Å². The van der Waals surface area contributed by atoms with Crippen molar-refractivity contribution >= 4 is 21.4 Å². The van der Waals surface area contributed by atoms with Gasteiger partial charge in [0.2, 0.25) is 0 Å². The number of ether oxygens (including phenoxy) is 2. The van der Waals surface area contributed by atoms with Crippen molar-refractivity contribution in [3.05, 3.63) is 22.7 Å². The van der Waals surface area contributed by atoms with Gasteiger partial charge in [-0.2, -0.15) is 0 Å². The molecule has 0 saturated heterocycles. The van der Waals surface area contributed by atoms with Crippen molar-refractivity contribution < 1.29 is 17.9 Å². The van der Waals surface area contributed by atoms with E-state index in [0.717, 1.165) is 37.7 Å². The van der Waals surface area contributed by atoms with Crippen molar-refractivity contribution in [2.24, 2.45) is 0 Å². The highest BCUT2D eigenvalue weighted by Gasteiger charge is 2.28. The lowest BCUT2D eigenvalue weighted by Gasteiger charge is -2.13. The predicted octanol–water partition coefficient (Wildman–Crippen LogP) is 3.40. The maximum atomic E-state index is 12.3. The lowest BCUT2D eigenvalue weighted by molar-refractivity contribution is 0.297. The van der Waals surface area contributed by atoms with E-state index < -0.39 is 9.84 Å². The number of hydrogen-bond donors (Lipinski definition) is 0. The van der Waals surface area contributed by atoms with E-state index in [1.807, 2.05) is 6.07 Å². The number of halogens is 1. The fraction of sp³-hybridized carbons (Fsp3) is 0.625.